The summed E-state index contributed by atoms with van der Waals surface area (Å²) in [6, 6.07) is 6.78. The zero-order chi connectivity index (χ0) is 15.6. The zero-order valence-electron chi connectivity index (χ0n) is 11.4. The van der Waals surface area contributed by atoms with Crippen molar-refractivity contribution in [2.45, 2.75) is 6.04 Å². The summed E-state index contributed by atoms with van der Waals surface area (Å²) >= 11 is 9.32. The van der Waals surface area contributed by atoms with E-state index in [1.165, 1.54) is 7.11 Å². The van der Waals surface area contributed by atoms with Crippen molar-refractivity contribution in [2.75, 3.05) is 14.2 Å². The summed E-state index contributed by atoms with van der Waals surface area (Å²) in [5.74, 6) is -1.22. The molecule has 0 spiro atoms. The first-order valence-corrected chi connectivity index (χ1v) is 7.29. The molecule has 6 heteroatoms. The highest BCUT2D eigenvalue weighted by molar-refractivity contribution is 9.10. The predicted octanol–water partition coefficient (Wildman–Crippen LogP) is 4.70. The van der Waals surface area contributed by atoms with Crippen molar-refractivity contribution in [2.24, 2.45) is 0 Å². The van der Waals surface area contributed by atoms with Crippen LogP contribution in [0.5, 0.6) is 5.75 Å². The molecule has 0 saturated heterocycles. The van der Waals surface area contributed by atoms with E-state index < -0.39 is 17.7 Å². The number of rotatable bonds is 4. The summed E-state index contributed by atoms with van der Waals surface area (Å²) < 4.78 is 34.0. The van der Waals surface area contributed by atoms with E-state index in [4.69, 9.17) is 16.3 Å². The fourth-order valence-corrected chi connectivity index (χ4v) is 3.06. The summed E-state index contributed by atoms with van der Waals surface area (Å²) in [6.45, 7) is 0. The number of methoxy groups -OCH3 is 1. The smallest absolute Gasteiger partial charge is 0.134 e. The van der Waals surface area contributed by atoms with Crippen LogP contribution >= 0.6 is 27.5 Å². The highest BCUT2D eigenvalue weighted by Crippen LogP contribution is 2.32. The van der Waals surface area contributed by atoms with E-state index in [1.807, 2.05) is 0 Å². The highest BCUT2D eigenvalue weighted by Gasteiger charge is 2.22. The van der Waals surface area contributed by atoms with Crippen LogP contribution in [0.1, 0.15) is 17.2 Å². The second-order valence-corrected chi connectivity index (χ2v) is 5.78. The van der Waals surface area contributed by atoms with Gasteiger partial charge in [0.2, 0.25) is 0 Å². The van der Waals surface area contributed by atoms with Gasteiger partial charge in [-0.25, -0.2) is 8.78 Å². The van der Waals surface area contributed by atoms with E-state index in [1.54, 1.807) is 25.2 Å². The van der Waals surface area contributed by atoms with E-state index in [2.05, 4.69) is 21.2 Å². The van der Waals surface area contributed by atoms with Gasteiger partial charge in [0.15, 0.2) is 0 Å². The molecular weight excluding hydrogens is 364 g/mol. The molecule has 2 aromatic carbocycles. The van der Waals surface area contributed by atoms with Crippen molar-refractivity contribution in [1.29, 1.82) is 0 Å². The van der Waals surface area contributed by atoms with Gasteiger partial charge in [0, 0.05) is 27.2 Å². The zero-order valence-corrected chi connectivity index (χ0v) is 13.7. The van der Waals surface area contributed by atoms with Crippen LogP contribution in [0.3, 0.4) is 0 Å². The van der Waals surface area contributed by atoms with E-state index in [9.17, 15) is 8.78 Å². The normalized spacial score (nSPS) is 12.3. The molecule has 112 valence electrons. The molecule has 0 radical (unpaired) electrons. The molecule has 2 nitrogen and oxygen atoms in total. The second kappa shape index (κ2) is 6.73. The number of halogens is 4. The summed E-state index contributed by atoms with van der Waals surface area (Å²) in [5, 5.41) is 3.39. The minimum atomic E-state index is -0.678. The average molecular weight is 377 g/mol. The Morgan fingerprint density at radius 1 is 1.14 bits per heavy atom. The highest BCUT2D eigenvalue weighted by atomic mass is 79.9. The molecule has 0 heterocycles. The maximum atomic E-state index is 14.2. The number of benzene rings is 2. The molecule has 0 amide bonds. The van der Waals surface area contributed by atoms with E-state index >= 15 is 0 Å². The molecule has 0 aliphatic rings. The summed E-state index contributed by atoms with van der Waals surface area (Å²) in [6.07, 6.45) is 0. The molecule has 2 rings (SSSR count). The third-order valence-corrected chi connectivity index (χ3v) is 3.76. The lowest BCUT2D eigenvalue weighted by molar-refractivity contribution is 0.403. The second-order valence-electron chi connectivity index (χ2n) is 4.43. The minimum Gasteiger partial charge on any atom is -0.497 e. The Balaban J connectivity index is 2.56. The SMILES string of the molecule is CNC(c1cc(Cl)cc(Br)c1)c1c(F)cc(OC)cc1F. The van der Waals surface area contributed by atoms with Crippen LogP contribution in [0.25, 0.3) is 0 Å². The molecule has 1 atom stereocenters. The van der Waals surface area contributed by atoms with E-state index in [0.29, 0.717) is 10.6 Å². The molecule has 0 saturated carbocycles. The Hall–Kier alpha value is -1.17. The van der Waals surface area contributed by atoms with E-state index in [-0.39, 0.29) is 11.3 Å². The first-order valence-electron chi connectivity index (χ1n) is 6.12. The Labute approximate surface area is 135 Å². The van der Waals surface area contributed by atoms with Crippen molar-refractivity contribution in [3.63, 3.8) is 0 Å². The molecule has 21 heavy (non-hydrogen) atoms. The van der Waals surface area contributed by atoms with Crippen molar-refractivity contribution in [3.05, 3.63) is 62.6 Å². The number of hydrogen-bond acceptors (Lipinski definition) is 2. The lowest BCUT2D eigenvalue weighted by Gasteiger charge is -2.20. The van der Waals surface area contributed by atoms with Crippen LogP contribution in [0, 0.1) is 11.6 Å². The first kappa shape index (κ1) is 16.2. The molecule has 1 unspecified atom stereocenters. The van der Waals surface area contributed by atoms with Gasteiger partial charge >= 0.3 is 0 Å². The van der Waals surface area contributed by atoms with Gasteiger partial charge in [0.05, 0.1) is 13.2 Å². The fourth-order valence-electron chi connectivity index (χ4n) is 2.17. The van der Waals surface area contributed by atoms with Crippen LogP contribution in [0.2, 0.25) is 5.02 Å². The maximum Gasteiger partial charge on any atom is 0.134 e. The number of ether oxygens (including phenoxy) is 1. The Bertz CT molecular complexity index is 623. The molecule has 0 bridgehead atoms. The van der Waals surface area contributed by atoms with Gasteiger partial charge in [-0.3, -0.25) is 0 Å². The molecular formula is C15H13BrClF2NO. The summed E-state index contributed by atoms with van der Waals surface area (Å²) in [4.78, 5) is 0. The standard InChI is InChI=1S/C15H13BrClF2NO/c1-20-15(8-3-9(16)5-10(17)4-8)14-12(18)6-11(21-2)7-13(14)19/h3-7,15,20H,1-2H3. The van der Waals surface area contributed by atoms with Crippen molar-refractivity contribution < 1.29 is 13.5 Å². The Kier molecular flexibility index (Phi) is 5.19. The van der Waals surface area contributed by atoms with Gasteiger partial charge in [-0.1, -0.05) is 27.5 Å². The van der Waals surface area contributed by atoms with Crippen molar-refractivity contribution in [3.8, 4) is 5.75 Å². The first-order chi connectivity index (χ1) is 9.96. The topological polar surface area (TPSA) is 21.3 Å². The summed E-state index contributed by atoms with van der Waals surface area (Å²) in [5.41, 5.74) is 0.576. The largest absolute Gasteiger partial charge is 0.497 e. The molecule has 1 N–H and O–H groups in total. The van der Waals surface area contributed by atoms with Crippen molar-refractivity contribution >= 4 is 27.5 Å². The third kappa shape index (κ3) is 3.54. The molecule has 0 aliphatic heterocycles. The van der Waals surface area contributed by atoms with Gasteiger partial charge in [-0.15, -0.1) is 0 Å². The van der Waals surface area contributed by atoms with Crippen LogP contribution in [-0.4, -0.2) is 14.2 Å². The van der Waals surface area contributed by atoms with Crippen LogP contribution < -0.4 is 10.1 Å². The van der Waals surface area contributed by atoms with Crippen LogP contribution in [-0.2, 0) is 0 Å². The fraction of sp³-hybridized carbons (Fsp3) is 0.200. The van der Waals surface area contributed by atoms with E-state index in [0.717, 1.165) is 16.6 Å². The van der Waals surface area contributed by atoms with Crippen LogP contribution in [0.4, 0.5) is 8.78 Å². The summed E-state index contributed by atoms with van der Waals surface area (Å²) in [7, 11) is 2.99. The van der Waals surface area contributed by atoms with Crippen molar-refractivity contribution in [1.82, 2.24) is 5.32 Å². The van der Waals surface area contributed by atoms with Gasteiger partial charge < -0.3 is 10.1 Å². The Morgan fingerprint density at radius 3 is 2.24 bits per heavy atom. The van der Waals surface area contributed by atoms with Crippen LogP contribution in [0.15, 0.2) is 34.8 Å². The Morgan fingerprint density at radius 2 is 1.76 bits per heavy atom. The molecule has 0 aliphatic carbocycles. The number of hydrogen-bond donors (Lipinski definition) is 1. The number of nitrogens with one attached hydrogen (secondary N) is 1. The molecule has 2 aromatic rings. The van der Waals surface area contributed by atoms with Gasteiger partial charge in [0.25, 0.3) is 0 Å². The maximum absolute atomic E-state index is 14.2. The predicted molar refractivity (Wildman–Crippen MR) is 83.0 cm³/mol. The lowest BCUT2D eigenvalue weighted by atomic mass is 9.97. The molecule has 0 fully saturated rings. The van der Waals surface area contributed by atoms with Gasteiger partial charge in [-0.2, -0.15) is 0 Å². The monoisotopic (exact) mass is 375 g/mol. The quantitative estimate of drug-likeness (QED) is 0.835. The molecule has 0 aromatic heterocycles. The van der Waals surface area contributed by atoms with Gasteiger partial charge in [-0.05, 0) is 30.8 Å². The van der Waals surface area contributed by atoms with Gasteiger partial charge in [0.1, 0.15) is 17.4 Å². The lowest BCUT2D eigenvalue weighted by Crippen LogP contribution is -2.20. The minimum absolute atomic E-state index is 0.0764. The average Bonchev–Trinajstić information content (AvgIpc) is 2.41. The third-order valence-electron chi connectivity index (χ3n) is 3.08.